The smallest absolute Gasteiger partial charge is 0.328 e. The highest BCUT2D eigenvalue weighted by atomic mass is 17.2. The van der Waals surface area contributed by atoms with E-state index in [0.717, 1.165) is 5.56 Å². The van der Waals surface area contributed by atoms with Crippen molar-refractivity contribution in [2.24, 2.45) is 0 Å². The van der Waals surface area contributed by atoms with Crippen LogP contribution in [0.3, 0.4) is 0 Å². The second-order valence-electron chi connectivity index (χ2n) is 4.36. The Hall–Kier alpha value is -2.00. The Kier molecular flexibility index (Phi) is 7.47. The van der Waals surface area contributed by atoms with Crippen LogP contribution in [0.4, 0.5) is 0 Å². The molecule has 1 aromatic carbocycles. The summed E-state index contributed by atoms with van der Waals surface area (Å²) in [5, 5.41) is 20.7. The number of benzene rings is 1. The van der Waals surface area contributed by atoms with Crippen molar-refractivity contribution in [2.45, 2.75) is 18.8 Å². The van der Waals surface area contributed by atoms with Gasteiger partial charge in [-0.1, -0.05) is 24.3 Å². The van der Waals surface area contributed by atoms with Gasteiger partial charge in [0.15, 0.2) is 0 Å². The van der Waals surface area contributed by atoms with Crippen molar-refractivity contribution in [3.05, 3.63) is 35.4 Å². The molecule has 0 fully saturated rings. The molecule has 0 spiro atoms. The number of nitrogens with one attached hydrogen (secondary N) is 1. The normalized spacial score (nSPS) is 13.3. The number of aliphatic hydroxyl groups is 2. The van der Waals surface area contributed by atoms with Gasteiger partial charge in [0.05, 0.1) is 14.2 Å². The van der Waals surface area contributed by atoms with E-state index in [-0.39, 0.29) is 6.42 Å². The van der Waals surface area contributed by atoms with E-state index in [1.165, 1.54) is 14.2 Å². The SMILES string of the molecule is COOC(O)c1ccc(CC(NC(=O)CO)C(=O)OC)cc1. The number of aliphatic hydroxyl groups excluding tert-OH is 2. The number of methoxy groups -OCH3 is 1. The van der Waals surface area contributed by atoms with E-state index in [1.807, 2.05) is 0 Å². The van der Waals surface area contributed by atoms with Crippen molar-refractivity contribution in [2.75, 3.05) is 20.8 Å². The first-order valence-electron chi connectivity index (χ1n) is 6.46. The van der Waals surface area contributed by atoms with Crippen molar-refractivity contribution < 1.29 is 34.3 Å². The highest BCUT2D eigenvalue weighted by molar-refractivity contribution is 5.85. The van der Waals surface area contributed by atoms with Gasteiger partial charge in [0.2, 0.25) is 12.2 Å². The van der Waals surface area contributed by atoms with E-state index >= 15 is 0 Å². The van der Waals surface area contributed by atoms with Gasteiger partial charge in [-0.3, -0.25) is 4.79 Å². The zero-order valence-electron chi connectivity index (χ0n) is 12.3. The number of carbonyl (C=O) groups is 2. The van der Waals surface area contributed by atoms with Crippen LogP contribution in [0, 0.1) is 0 Å². The van der Waals surface area contributed by atoms with Crippen LogP contribution in [-0.4, -0.2) is 49.0 Å². The van der Waals surface area contributed by atoms with Crippen molar-refractivity contribution in [1.82, 2.24) is 5.32 Å². The monoisotopic (exact) mass is 313 g/mol. The molecule has 2 unspecified atom stereocenters. The summed E-state index contributed by atoms with van der Waals surface area (Å²) in [4.78, 5) is 31.8. The van der Waals surface area contributed by atoms with Crippen molar-refractivity contribution in [1.29, 1.82) is 0 Å². The molecule has 0 heterocycles. The van der Waals surface area contributed by atoms with Gasteiger partial charge in [0, 0.05) is 12.0 Å². The highest BCUT2D eigenvalue weighted by Gasteiger charge is 2.21. The third-order valence-corrected chi connectivity index (χ3v) is 2.86. The molecule has 0 aromatic heterocycles. The molecule has 8 heteroatoms. The van der Waals surface area contributed by atoms with Gasteiger partial charge in [-0.25, -0.2) is 9.68 Å². The summed E-state index contributed by atoms with van der Waals surface area (Å²) in [5.74, 6) is -1.29. The molecule has 3 N–H and O–H groups in total. The molecule has 0 aliphatic heterocycles. The Morgan fingerprint density at radius 2 is 1.86 bits per heavy atom. The van der Waals surface area contributed by atoms with Gasteiger partial charge in [-0.2, -0.15) is 4.89 Å². The van der Waals surface area contributed by atoms with Crippen LogP contribution >= 0.6 is 0 Å². The third kappa shape index (κ3) is 5.41. The number of esters is 1. The molecule has 8 nitrogen and oxygen atoms in total. The topological polar surface area (TPSA) is 114 Å². The molecule has 0 bridgehead atoms. The van der Waals surface area contributed by atoms with Crippen LogP contribution in [0.25, 0.3) is 0 Å². The molecule has 1 amide bonds. The zero-order chi connectivity index (χ0) is 16.5. The third-order valence-electron chi connectivity index (χ3n) is 2.86. The molecular formula is C14H19NO7. The molecule has 22 heavy (non-hydrogen) atoms. The second-order valence-corrected chi connectivity index (χ2v) is 4.36. The zero-order valence-corrected chi connectivity index (χ0v) is 12.3. The van der Waals surface area contributed by atoms with E-state index in [9.17, 15) is 14.7 Å². The Bertz CT molecular complexity index is 488. The summed E-state index contributed by atoms with van der Waals surface area (Å²) in [6.45, 7) is -0.715. The average molecular weight is 313 g/mol. The lowest BCUT2D eigenvalue weighted by molar-refractivity contribution is -0.358. The molecule has 122 valence electrons. The largest absolute Gasteiger partial charge is 0.467 e. The predicted molar refractivity (Wildman–Crippen MR) is 74.2 cm³/mol. The van der Waals surface area contributed by atoms with Crippen LogP contribution in [0.5, 0.6) is 0 Å². The molecule has 0 aliphatic rings. The fraction of sp³-hybridized carbons (Fsp3) is 0.429. The Morgan fingerprint density at radius 3 is 2.36 bits per heavy atom. The van der Waals surface area contributed by atoms with Crippen molar-refractivity contribution >= 4 is 11.9 Å². The Balaban J connectivity index is 2.76. The van der Waals surface area contributed by atoms with Crippen LogP contribution in [-0.2, 0) is 30.5 Å². The maximum Gasteiger partial charge on any atom is 0.328 e. The molecular weight excluding hydrogens is 294 g/mol. The van der Waals surface area contributed by atoms with Crippen LogP contribution in [0.2, 0.25) is 0 Å². The van der Waals surface area contributed by atoms with E-state index in [1.54, 1.807) is 24.3 Å². The van der Waals surface area contributed by atoms with Gasteiger partial charge in [-0.15, -0.1) is 0 Å². The lowest BCUT2D eigenvalue weighted by Gasteiger charge is -2.16. The fourth-order valence-electron chi connectivity index (χ4n) is 1.78. The summed E-state index contributed by atoms with van der Waals surface area (Å²) in [5.41, 5.74) is 1.20. The van der Waals surface area contributed by atoms with Crippen molar-refractivity contribution in [3.63, 3.8) is 0 Å². The summed E-state index contributed by atoms with van der Waals surface area (Å²) < 4.78 is 4.61. The summed E-state index contributed by atoms with van der Waals surface area (Å²) in [6.07, 6.45) is -1.04. The van der Waals surface area contributed by atoms with E-state index < -0.39 is 30.8 Å². The van der Waals surface area contributed by atoms with E-state index in [4.69, 9.17) is 5.11 Å². The summed E-state index contributed by atoms with van der Waals surface area (Å²) >= 11 is 0. The first-order valence-corrected chi connectivity index (χ1v) is 6.46. The van der Waals surface area contributed by atoms with Crippen molar-refractivity contribution in [3.8, 4) is 0 Å². The van der Waals surface area contributed by atoms with Gasteiger partial charge in [-0.05, 0) is 5.56 Å². The molecule has 1 rings (SSSR count). The highest BCUT2D eigenvalue weighted by Crippen LogP contribution is 2.16. The molecule has 0 radical (unpaired) electrons. The molecule has 1 aromatic rings. The Labute approximate surface area is 127 Å². The minimum atomic E-state index is -1.22. The van der Waals surface area contributed by atoms with Crippen LogP contribution in [0.1, 0.15) is 17.4 Å². The number of ether oxygens (including phenoxy) is 1. The molecule has 2 atom stereocenters. The molecule has 0 saturated carbocycles. The van der Waals surface area contributed by atoms with Crippen LogP contribution < -0.4 is 5.32 Å². The number of hydrogen-bond donors (Lipinski definition) is 3. The number of carbonyl (C=O) groups excluding carboxylic acids is 2. The Morgan fingerprint density at radius 1 is 1.23 bits per heavy atom. The minimum Gasteiger partial charge on any atom is -0.467 e. The van der Waals surface area contributed by atoms with Gasteiger partial charge < -0.3 is 20.3 Å². The molecule has 0 saturated heterocycles. The van der Waals surface area contributed by atoms with Crippen LogP contribution in [0.15, 0.2) is 24.3 Å². The second kappa shape index (κ2) is 9.11. The quantitative estimate of drug-likeness (QED) is 0.255. The first-order chi connectivity index (χ1) is 10.5. The maximum atomic E-state index is 11.6. The summed E-state index contributed by atoms with van der Waals surface area (Å²) in [7, 11) is 2.49. The first kappa shape index (κ1) is 18.1. The minimum absolute atomic E-state index is 0.180. The van der Waals surface area contributed by atoms with Gasteiger partial charge in [0.25, 0.3) is 0 Å². The lowest BCUT2D eigenvalue weighted by atomic mass is 10.0. The summed E-state index contributed by atoms with van der Waals surface area (Å²) in [6, 6.07) is 5.62. The number of rotatable bonds is 8. The standard InChI is InChI=1S/C14H19NO7/c1-20-14(19)11(15-12(17)8-16)7-9-3-5-10(6-4-9)13(18)22-21-2/h3-6,11,13,16,18H,7-8H2,1-2H3,(H,15,17). The average Bonchev–Trinajstić information content (AvgIpc) is 2.54. The number of hydrogen-bond acceptors (Lipinski definition) is 7. The fourth-order valence-corrected chi connectivity index (χ4v) is 1.78. The van der Waals surface area contributed by atoms with Gasteiger partial charge in [0.1, 0.15) is 12.6 Å². The predicted octanol–water partition coefficient (Wildman–Crippen LogP) is -0.552. The molecule has 0 aliphatic carbocycles. The lowest BCUT2D eigenvalue weighted by Crippen LogP contribution is -2.44. The maximum absolute atomic E-state index is 11.6. The van der Waals surface area contributed by atoms with E-state index in [0.29, 0.717) is 5.56 Å². The van der Waals surface area contributed by atoms with Gasteiger partial charge >= 0.3 is 5.97 Å². The van der Waals surface area contributed by atoms with E-state index in [2.05, 4.69) is 19.8 Å². The number of amides is 1.